The number of hydrogen-bond donors (Lipinski definition) is 0. The summed E-state index contributed by atoms with van der Waals surface area (Å²) in [4.78, 5) is 19.3. The molecule has 1 saturated carbocycles. The first-order valence-corrected chi connectivity index (χ1v) is 9.59. The standard InChI is InChI=1S/C19H21FN2OS/c20-16-7-5-14(6-8-16)18-21-17(12-24-18)19(23)22-10-9-13-3-1-2-4-15(13)11-22/h5-8,12-13,15H,1-4,9-11H2/t13-,15+/m1/s1. The lowest BCUT2D eigenvalue weighted by Gasteiger charge is -2.41. The Morgan fingerprint density at radius 3 is 2.67 bits per heavy atom. The summed E-state index contributed by atoms with van der Waals surface area (Å²) < 4.78 is 13.0. The average molecular weight is 344 g/mol. The quantitative estimate of drug-likeness (QED) is 0.797. The van der Waals surface area contributed by atoms with E-state index in [1.807, 2.05) is 10.3 Å². The second kappa shape index (κ2) is 6.63. The molecule has 2 aromatic rings. The van der Waals surface area contributed by atoms with Crippen LogP contribution in [0.1, 0.15) is 42.6 Å². The Labute approximate surface area is 145 Å². The highest BCUT2D eigenvalue weighted by Crippen LogP contribution is 2.36. The number of halogens is 1. The number of benzene rings is 1. The van der Waals surface area contributed by atoms with Crippen LogP contribution in [0.3, 0.4) is 0 Å². The molecule has 5 heteroatoms. The zero-order valence-electron chi connectivity index (χ0n) is 13.6. The third kappa shape index (κ3) is 3.09. The molecule has 3 nitrogen and oxygen atoms in total. The van der Waals surface area contributed by atoms with Gasteiger partial charge in [-0.05, 0) is 48.9 Å². The summed E-state index contributed by atoms with van der Waals surface area (Å²) in [6.07, 6.45) is 6.37. The maximum Gasteiger partial charge on any atom is 0.273 e. The molecule has 1 amide bonds. The van der Waals surface area contributed by atoms with E-state index in [0.717, 1.165) is 36.0 Å². The van der Waals surface area contributed by atoms with Crippen LogP contribution in [0.25, 0.3) is 10.6 Å². The Morgan fingerprint density at radius 1 is 1.12 bits per heavy atom. The zero-order chi connectivity index (χ0) is 16.5. The summed E-state index contributed by atoms with van der Waals surface area (Å²) >= 11 is 1.44. The highest BCUT2D eigenvalue weighted by atomic mass is 32.1. The highest BCUT2D eigenvalue weighted by molar-refractivity contribution is 7.13. The number of nitrogens with zero attached hydrogens (tertiary/aromatic N) is 2. The van der Waals surface area contributed by atoms with Gasteiger partial charge in [0.2, 0.25) is 0 Å². The number of amides is 1. The number of thiazole rings is 1. The van der Waals surface area contributed by atoms with Crippen molar-refractivity contribution in [2.24, 2.45) is 11.8 Å². The van der Waals surface area contributed by atoms with E-state index in [4.69, 9.17) is 0 Å². The van der Waals surface area contributed by atoms with E-state index >= 15 is 0 Å². The summed E-state index contributed by atoms with van der Waals surface area (Å²) in [5, 5.41) is 2.60. The molecule has 0 radical (unpaired) electrons. The molecule has 0 bridgehead atoms. The van der Waals surface area contributed by atoms with E-state index in [9.17, 15) is 9.18 Å². The van der Waals surface area contributed by atoms with E-state index in [1.165, 1.54) is 49.2 Å². The summed E-state index contributed by atoms with van der Waals surface area (Å²) in [6.45, 7) is 1.73. The predicted octanol–water partition coefficient (Wildman–Crippen LogP) is 4.60. The lowest BCUT2D eigenvalue weighted by atomic mass is 9.75. The molecule has 1 saturated heterocycles. The van der Waals surface area contributed by atoms with Gasteiger partial charge < -0.3 is 4.90 Å². The van der Waals surface area contributed by atoms with E-state index in [2.05, 4.69) is 4.98 Å². The monoisotopic (exact) mass is 344 g/mol. The van der Waals surface area contributed by atoms with Gasteiger partial charge in [-0.3, -0.25) is 4.79 Å². The SMILES string of the molecule is O=C(c1csc(-c2ccc(F)cc2)n1)N1CC[C@H]2CCCC[C@H]2C1. The van der Waals surface area contributed by atoms with Gasteiger partial charge in [0.25, 0.3) is 5.91 Å². The Hall–Kier alpha value is -1.75. The van der Waals surface area contributed by atoms with Crippen LogP contribution in [0.2, 0.25) is 0 Å². The fraction of sp³-hybridized carbons (Fsp3) is 0.474. The minimum atomic E-state index is -0.262. The van der Waals surface area contributed by atoms with Gasteiger partial charge in [-0.25, -0.2) is 9.37 Å². The number of aromatic nitrogens is 1. The predicted molar refractivity (Wildman–Crippen MR) is 93.5 cm³/mol. The molecule has 126 valence electrons. The Morgan fingerprint density at radius 2 is 1.88 bits per heavy atom. The number of carbonyl (C=O) groups excluding carboxylic acids is 1. The van der Waals surface area contributed by atoms with E-state index in [1.54, 1.807) is 12.1 Å². The van der Waals surface area contributed by atoms with E-state index < -0.39 is 0 Å². The first-order valence-electron chi connectivity index (χ1n) is 8.71. The first-order chi connectivity index (χ1) is 11.7. The lowest BCUT2D eigenvalue weighted by molar-refractivity contribution is 0.0516. The van der Waals surface area contributed by atoms with Gasteiger partial charge in [0.05, 0.1) is 0 Å². The van der Waals surface area contributed by atoms with Gasteiger partial charge in [0.1, 0.15) is 16.5 Å². The van der Waals surface area contributed by atoms with Crippen LogP contribution in [0, 0.1) is 17.7 Å². The number of likely N-dealkylation sites (tertiary alicyclic amines) is 1. The normalized spacial score (nSPS) is 23.8. The van der Waals surface area contributed by atoms with Crippen LogP contribution in [0.4, 0.5) is 4.39 Å². The molecule has 1 aromatic carbocycles. The fourth-order valence-corrected chi connectivity index (χ4v) is 4.84. The Bertz CT molecular complexity index is 727. The highest BCUT2D eigenvalue weighted by Gasteiger charge is 2.33. The minimum Gasteiger partial charge on any atom is -0.337 e. The number of fused-ring (bicyclic) bond motifs is 1. The molecule has 1 aliphatic carbocycles. The molecule has 1 aromatic heterocycles. The van der Waals surface area contributed by atoms with E-state index in [-0.39, 0.29) is 11.7 Å². The van der Waals surface area contributed by atoms with Crippen LogP contribution >= 0.6 is 11.3 Å². The van der Waals surface area contributed by atoms with Crippen molar-refractivity contribution in [2.45, 2.75) is 32.1 Å². The van der Waals surface area contributed by atoms with Crippen LogP contribution in [-0.2, 0) is 0 Å². The average Bonchev–Trinajstić information content (AvgIpc) is 3.11. The van der Waals surface area contributed by atoms with Gasteiger partial charge in [0.15, 0.2) is 0 Å². The number of hydrogen-bond acceptors (Lipinski definition) is 3. The lowest BCUT2D eigenvalue weighted by Crippen LogP contribution is -2.44. The molecule has 1 aliphatic heterocycles. The number of carbonyl (C=O) groups is 1. The summed E-state index contributed by atoms with van der Waals surface area (Å²) in [7, 11) is 0. The maximum absolute atomic E-state index is 13.0. The van der Waals surface area contributed by atoms with Crippen LogP contribution in [0.15, 0.2) is 29.6 Å². The van der Waals surface area contributed by atoms with Gasteiger partial charge in [-0.2, -0.15) is 0 Å². The second-order valence-electron chi connectivity index (χ2n) is 6.89. The van der Waals surface area contributed by atoms with Crippen molar-refractivity contribution in [1.82, 2.24) is 9.88 Å². The third-order valence-electron chi connectivity index (χ3n) is 5.39. The first kappa shape index (κ1) is 15.8. The molecule has 2 heterocycles. The molecule has 2 fully saturated rings. The van der Waals surface area contributed by atoms with Gasteiger partial charge in [-0.1, -0.05) is 19.3 Å². The van der Waals surface area contributed by atoms with Crippen molar-refractivity contribution in [1.29, 1.82) is 0 Å². The van der Waals surface area contributed by atoms with Crippen molar-refractivity contribution >= 4 is 17.2 Å². The molecule has 0 unspecified atom stereocenters. The van der Waals surface area contributed by atoms with Crippen molar-refractivity contribution < 1.29 is 9.18 Å². The number of rotatable bonds is 2. The molecule has 0 spiro atoms. The van der Waals surface area contributed by atoms with Crippen molar-refractivity contribution in [3.63, 3.8) is 0 Å². The molecule has 2 atom stereocenters. The largest absolute Gasteiger partial charge is 0.337 e. The van der Waals surface area contributed by atoms with Crippen molar-refractivity contribution in [2.75, 3.05) is 13.1 Å². The van der Waals surface area contributed by atoms with Crippen molar-refractivity contribution in [3.8, 4) is 10.6 Å². The maximum atomic E-state index is 13.0. The molecular formula is C19H21FN2OS. The Balaban J connectivity index is 1.48. The summed E-state index contributed by atoms with van der Waals surface area (Å²) in [5.74, 6) is 1.27. The van der Waals surface area contributed by atoms with Crippen molar-refractivity contribution in [3.05, 3.63) is 41.2 Å². The Kier molecular flexibility index (Phi) is 4.35. The second-order valence-corrected chi connectivity index (χ2v) is 7.75. The fourth-order valence-electron chi connectivity index (χ4n) is 4.04. The minimum absolute atomic E-state index is 0.0450. The van der Waals surface area contributed by atoms with Crippen LogP contribution < -0.4 is 0 Å². The van der Waals surface area contributed by atoms with Gasteiger partial charge in [0, 0.05) is 24.0 Å². The molecule has 4 rings (SSSR count). The smallest absolute Gasteiger partial charge is 0.273 e. The molecule has 0 N–H and O–H groups in total. The third-order valence-corrected chi connectivity index (χ3v) is 6.28. The number of piperidine rings is 1. The van der Waals surface area contributed by atoms with E-state index in [0.29, 0.717) is 11.6 Å². The zero-order valence-corrected chi connectivity index (χ0v) is 14.4. The molecule has 2 aliphatic rings. The van der Waals surface area contributed by atoms with Crippen LogP contribution in [-0.4, -0.2) is 28.9 Å². The van der Waals surface area contributed by atoms with Crippen LogP contribution in [0.5, 0.6) is 0 Å². The molecular weight excluding hydrogens is 323 g/mol. The van der Waals surface area contributed by atoms with Gasteiger partial charge >= 0.3 is 0 Å². The molecule has 24 heavy (non-hydrogen) atoms. The van der Waals surface area contributed by atoms with Gasteiger partial charge in [-0.15, -0.1) is 11.3 Å². The summed E-state index contributed by atoms with van der Waals surface area (Å²) in [6, 6.07) is 6.25. The topological polar surface area (TPSA) is 33.2 Å². The summed E-state index contributed by atoms with van der Waals surface area (Å²) in [5.41, 5.74) is 1.38.